The molecule has 0 bridgehead atoms. The molecule has 0 spiro atoms. The second-order valence-electron chi connectivity index (χ2n) is 7.94. The van der Waals surface area contributed by atoms with Crippen LogP contribution in [0.5, 0.6) is 11.5 Å². The molecule has 0 saturated carbocycles. The molecular formula is C27H26N2O6S. The Kier molecular flexibility index (Phi) is 7.49. The van der Waals surface area contributed by atoms with E-state index in [1.807, 2.05) is 31.2 Å². The van der Waals surface area contributed by atoms with Crippen molar-refractivity contribution >= 4 is 29.4 Å². The van der Waals surface area contributed by atoms with Crippen molar-refractivity contribution in [3.05, 3.63) is 90.6 Å². The molecule has 8 nitrogen and oxygen atoms in total. The molecule has 0 amide bonds. The van der Waals surface area contributed by atoms with Crippen LogP contribution in [0.1, 0.15) is 44.9 Å². The average molecular weight is 507 g/mol. The second kappa shape index (κ2) is 10.7. The predicted molar refractivity (Wildman–Crippen MR) is 136 cm³/mol. The summed E-state index contributed by atoms with van der Waals surface area (Å²) in [5, 5.41) is 0. The molecule has 0 radical (unpaired) electrons. The van der Waals surface area contributed by atoms with E-state index in [1.54, 1.807) is 44.2 Å². The molecule has 1 atom stereocenters. The number of hydrogen-bond donors (Lipinski definition) is 0. The molecule has 9 heteroatoms. The van der Waals surface area contributed by atoms with Gasteiger partial charge >= 0.3 is 11.9 Å². The Labute approximate surface area is 211 Å². The molecule has 0 N–H and O–H groups in total. The summed E-state index contributed by atoms with van der Waals surface area (Å²) < 4.78 is 18.1. The predicted octanol–water partition coefficient (Wildman–Crippen LogP) is 3.12. The van der Waals surface area contributed by atoms with Crippen LogP contribution < -0.4 is 24.4 Å². The molecule has 1 aromatic heterocycles. The number of benzene rings is 2. The van der Waals surface area contributed by atoms with Gasteiger partial charge < -0.3 is 14.2 Å². The monoisotopic (exact) mass is 506 g/mol. The first-order valence-electron chi connectivity index (χ1n) is 11.5. The van der Waals surface area contributed by atoms with Gasteiger partial charge in [-0.05, 0) is 50.6 Å². The molecule has 0 saturated heterocycles. The third kappa shape index (κ3) is 5.01. The van der Waals surface area contributed by atoms with E-state index in [0.29, 0.717) is 44.3 Å². The summed E-state index contributed by atoms with van der Waals surface area (Å²) in [6, 6.07) is 13.5. The van der Waals surface area contributed by atoms with Crippen molar-refractivity contribution in [3.63, 3.8) is 0 Å². The molecule has 1 aliphatic rings. The van der Waals surface area contributed by atoms with Crippen molar-refractivity contribution in [1.29, 1.82) is 0 Å². The normalized spacial score (nSPS) is 15.2. The van der Waals surface area contributed by atoms with E-state index in [4.69, 9.17) is 14.2 Å². The number of thiazole rings is 1. The largest absolute Gasteiger partial charge is 0.494 e. The average Bonchev–Trinajstić information content (AvgIpc) is 3.14. The topological polar surface area (TPSA) is 96.2 Å². The maximum Gasteiger partial charge on any atom is 0.338 e. The zero-order chi connectivity index (χ0) is 25.8. The van der Waals surface area contributed by atoms with Gasteiger partial charge in [0, 0.05) is 12.5 Å². The van der Waals surface area contributed by atoms with Gasteiger partial charge in [-0.25, -0.2) is 9.79 Å². The number of ether oxygens (including phenoxy) is 3. The standard InChI is InChI=1S/C27H26N2O6S/c1-5-33-20-13-11-18(12-14-20)24-23(26(32)34-6-2)16(3)28-27-29(24)25(31)22(36-27)15-19-9-7-8-10-21(19)35-17(4)30/h7-15,24H,5-6H2,1-4H3/b22-15-/t24-/m1/s1. The molecular weight excluding hydrogens is 480 g/mol. The van der Waals surface area contributed by atoms with E-state index in [2.05, 4.69) is 4.99 Å². The summed E-state index contributed by atoms with van der Waals surface area (Å²) in [6.07, 6.45) is 1.67. The van der Waals surface area contributed by atoms with Crippen LogP contribution in [0.3, 0.4) is 0 Å². The Balaban J connectivity index is 1.91. The Morgan fingerprint density at radius 1 is 1.08 bits per heavy atom. The first kappa shape index (κ1) is 25.1. The fraction of sp³-hybridized carbons (Fsp3) is 0.259. The van der Waals surface area contributed by atoms with Crippen LogP contribution in [0.4, 0.5) is 0 Å². The SMILES string of the molecule is CCOC(=O)C1=C(C)N=c2s/c(=C\c3ccccc3OC(C)=O)c(=O)n2[C@@H]1c1ccc(OCC)cc1. The van der Waals surface area contributed by atoms with Crippen LogP contribution in [-0.4, -0.2) is 29.7 Å². The Bertz CT molecular complexity index is 1510. The van der Waals surface area contributed by atoms with Crippen LogP contribution in [0.15, 0.2) is 69.6 Å². The van der Waals surface area contributed by atoms with Crippen molar-refractivity contribution < 1.29 is 23.8 Å². The Hall–Kier alpha value is -3.98. The quantitative estimate of drug-likeness (QED) is 0.361. The van der Waals surface area contributed by atoms with Crippen LogP contribution in [-0.2, 0) is 14.3 Å². The maximum atomic E-state index is 13.7. The van der Waals surface area contributed by atoms with Crippen molar-refractivity contribution in [2.24, 2.45) is 4.99 Å². The highest BCUT2D eigenvalue weighted by Gasteiger charge is 2.33. The minimum absolute atomic E-state index is 0.197. The summed E-state index contributed by atoms with van der Waals surface area (Å²) in [4.78, 5) is 43.3. The zero-order valence-electron chi connectivity index (χ0n) is 20.4. The van der Waals surface area contributed by atoms with Crippen LogP contribution in [0, 0.1) is 0 Å². The number of aromatic nitrogens is 1. The Morgan fingerprint density at radius 3 is 2.47 bits per heavy atom. The van der Waals surface area contributed by atoms with Gasteiger partial charge in [0.1, 0.15) is 11.5 Å². The van der Waals surface area contributed by atoms with Crippen LogP contribution in [0.2, 0.25) is 0 Å². The number of esters is 2. The highest BCUT2D eigenvalue weighted by molar-refractivity contribution is 7.07. The lowest BCUT2D eigenvalue weighted by Crippen LogP contribution is -2.39. The van der Waals surface area contributed by atoms with E-state index in [0.717, 1.165) is 5.56 Å². The molecule has 2 aromatic carbocycles. The highest BCUT2D eigenvalue weighted by atomic mass is 32.1. The molecule has 0 unspecified atom stereocenters. The van der Waals surface area contributed by atoms with Gasteiger partial charge in [-0.15, -0.1) is 0 Å². The molecule has 0 fully saturated rings. The van der Waals surface area contributed by atoms with E-state index in [-0.39, 0.29) is 12.2 Å². The lowest BCUT2D eigenvalue weighted by molar-refractivity contribution is -0.139. The van der Waals surface area contributed by atoms with Gasteiger partial charge in [0.05, 0.1) is 35.1 Å². The van der Waals surface area contributed by atoms with Crippen molar-refractivity contribution in [1.82, 2.24) is 4.57 Å². The first-order chi connectivity index (χ1) is 17.3. The third-order valence-corrected chi connectivity index (χ3v) is 6.47. The minimum atomic E-state index is -0.721. The number of nitrogens with zero attached hydrogens (tertiary/aromatic N) is 2. The summed E-state index contributed by atoms with van der Waals surface area (Å²) >= 11 is 1.20. The fourth-order valence-corrected chi connectivity index (χ4v) is 5.05. The van der Waals surface area contributed by atoms with Gasteiger partial charge in [0.2, 0.25) is 0 Å². The third-order valence-electron chi connectivity index (χ3n) is 5.48. The second-order valence-corrected chi connectivity index (χ2v) is 8.94. The van der Waals surface area contributed by atoms with Crippen molar-refractivity contribution in [2.75, 3.05) is 13.2 Å². The van der Waals surface area contributed by atoms with E-state index in [1.165, 1.54) is 22.8 Å². The number of hydrogen-bond acceptors (Lipinski definition) is 8. The van der Waals surface area contributed by atoms with Crippen LogP contribution >= 0.6 is 11.3 Å². The van der Waals surface area contributed by atoms with Crippen molar-refractivity contribution in [3.8, 4) is 11.5 Å². The minimum Gasteiger partial charge on any atom is -0.494 e. The maximum absolute atomic E-state index is 13.7. The molecule has 186 valence electrons. The number of carbonyl (C=O) groups excluding carboxylic acids is 2. The number of carbonyl (C=O) groups is 2. The number of para-hydroxylation sites is 1. The molecule has 2 heterocycles. The fourth-order valence-electron chi connectivity index (χ4n) is 4.01. The first-order valence-corrected chi connectivity index (χ1v) is 12.4. The van der Waals surface area contributed by atoms with Gasteiger partial charge in [-0.3, -0.25) is 14.2 Å². The lowest BCUT2D eigenvalue weighted by atomic mass is 9.96. The smallest absolute Gasteiger partial charge is 0.338 e. The van der Waals surface area contributed by atoms with Gasteiger partial charge in [0.25, 0.3) is 5.56 Å². The highest BCUT2D eigenvalue weighted by Crippen LogP contribution is 2.31. The molecule has 1 aliphatic heterocycles. The van der Waals surface area contributed by atoms with Gasteiger partial charge in [-0.1, -0.05) is 41.7 Å². The van der Waals surface area contributed by atoms with Crippen LogP contribution in [0.25, 0.3) is 6.08 Å². The number of fused-ring (bicyclic) bond motifs is 1. The molecule has 4 rings (SSSR count). The molecule has 3 aromatic rings. The van der Waals surface area contributed by atoms with E-state index >= 15 is 0 Å². The zero-order valence-corrected chi connectivity index (χ0v) is 21.3. The Morgan fingerprint density at radius 2 is 1.81 bits per heavy atom. The lowest BCUT2D eigenvalue weighted by Gasteiger charge is -2.24. The number of allylic oxidation sites excluding steroid dienone is 1. The van der Waals surface area contributed by atoms with Crippen molar-refractivity contribution in [2.45, 2.75) is 33.7 Å². The summed E-state index contributed by atoms with van der Waals surface area (Å²) in [7, 11) is 0. The van der Waals surface area contributed by atoms with E-state index in [9.17, 15) is 14.4 Å². The van der Waals surface area contributed by atoms with Gasteiger partial charge in [0.15, 0.2) is 4.80 Å². The molecule has 36 heavy (non-hydrogen) atoms. The number of rotatable bonds is 7. The molecule has 0 aliphatic carbocycles. The van der Waals surface area contributed by atoms with E-state index < -0.39 is 18.0 Å². The summed E-state index contributed by atoms with van der Waals surface area (Å²) in [5.74, 6) is 0.0612. The van der Waals surface area contributed by atoms with Gasteiger partial charge in [-0.2, -0.15) is 0 Å². The summed E-state index contributed by atoms with van der Waals surface area (Å²) in [5.41, 5.74) is 1.78. The summed E-state index contributed by atoms with van der Waals surface area (Å²) in [6.45, 7) is 7.41.